The Bertz CT molecular complexity index is 362. The fourth-order valence-corrected chi connectivity index (χ4v) is 0.884. The molecule has 16 heavy (non-hydrogen) atoms. The lowest BCUT2D eigenvalue weighted by Crippen LogP contribution is -2.09. The highest BCUT2D eigenvalue weighted by molar-refractivity contribution is 5.84. The normalized spacial score (nSPS) is 11.5. The van der Waals surface area contributed by atoms with E-state index in [1.165, 1.54) is 0 Å². The van der Waals surface area contributed by atoms with E-state index < -0.39 is 25.0 Å². The van der Waals surface area contributed by atoms with Gasteiger partial charge < -0.3 is 9.26 Å². The molecule has 0 radical (unpaired) electrons. The topological polar surface area (TPSA) is 65.2 Å². The monoisotopic (exact) mass is 238 g/mol. The first kappa shape index (κ1) is 12.5. The molecule has 1 rings (SSSR count). The van der Waals surface area contributed by atoms with Gasteiger partial charge in [-0.25, -0.2) is 4.79 Å². The number of carbonyl (C=O) groups is 1. The van der Waals surface area contributed by atoms with Gasteiger partial charge in [0.25, 0.3) is 5.82 Å². The molecule has 90 valence electrons. The van der Waals surface area contributed by atoms with E-state index in [2.05, 4.69) is 19.4 Å². The first-order valence-corrected chi connectivity index (χ1v) is 4.49. The molecule has 0 unspecified atom stereocenters. The Labute approximate surface area is 88.6 Å². The molecule has 0 aromatic carbocycles. The summed E-state index contributed by atoms with van der Waals surface area (Å²) in [6.07, 6.45) is -5.81. The highest BCUT2D eigenvalue weighted by Crippen LogP contribution is 2.21. The van der Waals surface area contributed by atoms with E-state index in [9.17, 15) is 18.0 Å². The van der Waals surface area contributed by atoms with Gasteiger partial charge in [-0.1, -0.05) is 0 Å². The number of hydrogen-bond donors (Lipinski definition) is 0. The van der Waals surface area contributed by atoms with Crippen LogP contribution in [0.3, 0.4) is 0 Å². The summed E-state index contributed by atoms with van der Waals surface area (Å²) in [6.45, 7) is 1.72. The smallest absolute Gasteiger partial charge is 0.389 e. The van der Waals surface area contributed by atoms with Crippen LogP contribution in [0.1, 0.15) is 29.9 Å². The number of esters is 1. The zero-order chi connectivity index (χ0) is 12.2. The third-order valence-corrected chi connectivity index (χ3v) is 1.55. The summed E-state index contributed by atoms with van der Waals surface area (Å²) >= 11 is 0. The third kappa shape index (κ3) is 3.87. The molecule has 0 aliphatic heterocycles. The molecule has 0 aliphatic carbocycles. The molecule has 1 aromatic heterocycles. The first-order chi connectivity index (χ1) is 7.42. The summed E-state index contributed by atoms with van der Waals surface area (Å²) in [5.74, 6) is -1.41. The third-order valence-electron chi connectivity index (χ3n) is 1.55. The maximum atomic E-state index is 11.8. The zero-order valence-corrected chi connectivity index (χ0v) is 8.37. The summed E-state index contributed by atoms with van der Waals surface area (Å²) in [6, 6.07) is 0. The number of carbonyl (C=O) groups excluding carboxylic acids is 1. The van der Waals surface area contributed by atoms with Crippen LogP contribution >= 0.6 is 0 Å². The second kappa shape index (κ2) is 4.95. The molecule has 8 heteroatoms. The average Bonchev–Trinajstić information content (AvgIpc) is 2.62. The highest BCUT2D eigenvalue weighted by Gasteiger charge is 2.28. The van der Waals surface area contributed by atoms with Crippen LogP contribution in [0.2, 0.25) is 0 Å². The quantitative estimate of drug-likeness (QED) is 0.747. The van der Waals surface area contributed by atoms with Crippen LogP contribution in [-0.4, -0.2) is 28.9 Å². The van der Waals surface area contributed by atoms with Crippen LogP contribution in [0.4, 0.5) is 13.2 Å². The maximum absolute atomic E-state index is 11.8. The number of rotatable bonds is 4. The summed E-state index contributed by atoms with van der Waals surface area (Å²) in [5.41, 5.74) is 0. The maximum Gasteiger partial charge on any atom is 0.389 e. The molecule has 0 bridgehead atoms. The van der Waals surface area contributed by atoms with Crippen molar-refractivity contribution in [2.75, 3.05) is 6.61 Å². The number of aryl methyl sites for hydroxylation is 1. The lowest BCUT2D eigenvalue weighted by Gasteiger charge is -2.01. The molecule has 0 saturated carbocycles. The number of ether oxygens (including phenoxy) is 1. The van der Waals surface area contributed by atoms with Gasteiger partial charge in [-0.3, -0.25) is 0 Å². The molecular formula is C8H9F3N2O3. The highest BCUT2D eigenvalue weighted by atomic mass is 19.4. The average molecular weight is 238 g/mol. The van der Waals surface area contributed by atoms with Crippen molar-refractivity contribution >= 4 is 5.97 Å². The molecule has 1 heterocycles. The van der Waals surface area contributed by atoms with Crippen molar-refractivity contribution in [3.05, 3.63) is 11.7 Å². The van der Waals surface area contributed by atoms with Crippen LogP contribution in [0.15, 0.2) is 4.52 Å². The van der Waals surface area contributed by atoms with Crippen molar-refractivity contribution in [1.82, 2.24) is 10.1 Å². The van der Waals surface area contributed by atoms with Crippen molar-refractivity contribution < 1.29 is 27.2 Å². The van der Waals surface area contributed by atoms with Gasteiger partial charge >= 0.3 is 12.1 Å². The van der Waals surface area contributed by atoms with E-state index in [4.69, 9.17) is 0 Å². The van der Waals surface area contributed by atoms with Crippen LogP contribution in [0.25, 0.3) is 0 Å². The van der Waals surface area contributed by atoms with Gasteiger partial charge in [0.2, 0.25) is 5.89 Å². The molecule has 0 saturated heterocycles. The fourth-order valence-electron chi connectivity index (χ4n) is 0.884. The van der Waals surface area contributed by atoms with Crippen LogP contribution in [0, 0.1) is 0 Å². The van der Waals surface area contributed by atoms with E-state index >= 15 is 0 Å². The van der Waals surface area contributed by atoms with Crippen LogP contribution in [0.5, 0.6) is 0 Å². The van der Waals surface area contributed by atoms with E-state index in [0.717, 1.165) is 0 Å². The minimum atomic E-state index is -4.29. The van der Waals surface area contributed by atoms with E-state index in [-0.39, 0.29) is 18.3 Å². The summed E-state index contributed by atoms with van der Waals surface area (Å²) in [5, 5.41) is 3.21. The molecule has 0 amide bonds. The van der Waals surface area contributed by atoms with Crippen molar-refractivity contribution in [3.63, 3.8) is 0 Å². The Morgan fingerprint density at radius 3 is 2.75 bits per heavy atom. The SMILES string of the molecule is CCOC(=O)c1noc(CCC(F)(F)F)n1. The Morgan fingerprint density at radius 1 is 1.50 bits per heavy atom. The minimum absolute atomic E-state index is 0.130. The zero-order valence-electron chi connectivity index (χ0n) is 8.37. The van der Waals surface area contributed by atoms with Crippen molar-refractivity contribution in [2.45, 2.75) is 25.9 Å². The Balaban J connectivity index is 2.55. The molecule has 0 aliphatic rings. The van der Waals surface area contributed by atoms with E-state index in [1.807, 2.05) is 0 Å². The van der Waals surface area contributed by atoms with Crippen LogP contribution < -0.4 is 0 Å². The lowest BCUT2D eigenvalue weighted by atomic mass is 10.3. The molecule has 5 nitrogen and oxygen atoms in total. The number of hydrogen-bond acceptors (Lipinski definition) is 5. The first-order valence-electron chi connectivity index (χ1n) is 4.49. The molecule has 0 N–H and O–H groups in total. The van der Waals surface area contributed by atoms with Gasteiger partial charge in [0.05, 0.1) is 13.0 Å². The van der Waals surface area contributed by atoms with Crippen molar-refractivity contribution in [3.8, 4) is 0 Å². The second-order valence-corrected chi connectivity index (χ2v) is 2.85. The predicted octanol–water partition coefficient (Wildman–Crippen LogP) is 1.74. The summed E-state index contributed by atoms with van der Waals surface area (Å²) in [7, 11) is 0. The Morgan fingerprint density at radius 2 is 2.19 bits per heavy atom. The minimum Gasteiger partial charge on any atom is -0.460 e. The molecule has 0 atom stereocenters. The Kier molecular flexibility index (Phi) is 3.86. The second-order valence-electron chi connectivity index (χ2n) is 2.85. The molecular weight excluding hydrogens is 229 g/mol. The van der Waals surface area contributed by atoms with Gasteiger partial charge in [0.15, 0.2) is 0 Å². The summed E-state index contributed by atoms with van der Waals surface area (Å²) < 4.78 is 44.5. The number of alkyl halides is 3. The largest absolute Gasteiger partial charge is 0.460 e. The lowest BCUT2D eigenvalue weighted by molar-refractivity contribution is -0.134. The van der Waals surface area contributed by atoms with E-state index in [0.29, 0.717) is 0 Å². The van der Waals surface area contributed by atoms with Crippen LogP contribution in [-0.2, 0) is 11.2 Å². The fraction of sp³-hybridized carbons (Fsp3) is 0.625. The molecule has 0 fully saturated rings. The predicted molar refractivity (Wildman–Crippen MR) is 44.6 cm³/mol. The standard InChI is InChI=1S/C8H9F3N2O3/c1-2-15-7(14)6-12-5(16-13-6)3-4-8(9,10)11/h2-4H2,1H3. The summed E-state index contributed by atoms with van der Waals surface area (Å²) in [4.78, 5) is 14.5. The number of nitrogens with zero attached hydrogens (tertiary/aromatic N) is 2. The van der Waals surface area contributed by atoms with Gasteiger partial charge in [-0.05, 0) is 12.1 Å². The molecule has 1 aromatic rings. The van der Waals surface area contributed by atoms with Crippen molar-refractivity contribution in [2.24, 2.45) is 0 Å². The van der Waals surface area contributed by atoms with Gasteiger partial charge in [-0.2, -0.15) is 18.2 Å². The van der Waals surface area contributed by atoms with Gasteiger partial charge in [-0.15, -0.1) is 0 Å². The number of aromatic nitrogens is 2. The Hall–Kier alpha value is -1.60. The van der Waals surface area contributed by atoms with Gasteiger partial charge in [0.1, 0.15) is 0 Å². The van der Waals surface area contributed by atoms with E-state index in [1.54, 1.807) is 6.92 Å². The van der Waals surface area contributed by atoms with Gasteiger partial charge in [0, 0.05) is 6.42 Å². The van der Waals surface area contributed by atoms with Crippen molar-refractivity contribution in [1.29, 1.82) is 0 Å². The molecule has 0 spiro atoms. The number of halogens is 3.